The number of hydrogen-bond donors (Lipinski definition) is 0. The van der Waals surface area contributed by atoms with Gasteiger partial charge in [-0.2, -0.15) is 5.10 Å². The lowest BCUT2D eigenvalue weighted by molar-refractivity contribution is 0.0990. The van der Waals surface area contributed by atoms with Crippen molar-refractivity contribution in [3.8, 4) is 0 Å². The Morgan fingerprint density at radius 3 is 2.72 bits per heavy atom. The molecule has 0 aliphatic carbocycles. The first kappa shape index (κ1) is 12.8. The summed E-state index contributed by atoms with van der Waals surface area (Å²) in [4.78, 5) is 12.2. The Morgan fingerprint density at radius 1 is 1.39 bits per heavy atom. The number of benzene rings is 1. The largest absolute Gasteiger partial charge is 0.294 e. The summed E-state index contributed by atoms with van der Waals surface area (Å²) in [6.45, 7) is 3.78. The normalized spacial score (nSPS) is 10.7. The zero-order chi connectivity index (χ0) is 13.3. The van der Waals surface area contributed by atoms with E-state index in [0.29, 0.717) is 17.0 Å². The van der Waals surface area contributed by atoms with Crippen LogP contribution in [-0.4, -0.2) is 15.6 Å². The predicted molar refractivity (Wildman–Crippen MR) is 72.2 cm³/mol. The van der Waals surface area contributed by atoms with Gasteiger partial charge in [-0.05, 0) is 31.5 Å². The van der Waals surface area contributed by atoms with Crippen LogP contribution in [0.15, 0.2) is 24.3 Å². The average Bonchev–Trinajstić information content (AvgIpc) is 2.61. The summed E-state index contributed by atoms with van der Waals surface area (Å²) >= 11 is 6.03. The maximum Gasteiger partial charge on any atom is 0.169 e. The molecule has 1 aromatic carbocycles. The molecule has 0 N–H and O–H groups in total. The lowest BCUT2D eigenvalue weighted by Crippen LogP contribution is -2.09. The van der Waals surface area contributed by atoms with E-state index in [4.69, 9.17) is 11.6 Å². The van der Waals surface area contributed by atoms with Crippen molar-refractivity contribution in [2.24, 2.45) is 7.05 Å². The van der Waals surface area contributed by atoms with Gasteiger partial charge in [0.05, 0.1) is 12.1 Å². The molecule has 0 aliphatic rings. The van der Waals surface area contributed by atoms with Crippen LogP contribution in [0.4, 0.5) is 0 Å². The summed E-state index contributed by atoms with van der Waals surface area (Å²) in [5, 5.41) is 4.86. The number of nitrogens with zero attached hydrogens (tertiary/aromatic N) is 2. The Morgan fingerprint density at radius 2 is 2.11 bits per heavy atom. The van der Waals surface area contributed by atoms with Gasteiger partial charge >= 0.3 is 0 Å². The van der Waals surface area contributed by atoms with E-state index in [9.17, 15) is 4.79 Å². The number of Topliss-reactive ketones (excluding diaryl/α,β-unsaturated/α-hetero) is 1. The first-order valence-corrected chi connectivity index (χ1v) is 6.14. The number of rotatable bonds is 3. The molecule has 0 bridgehead atoms. The molecule has 0 amide bonds. The molecular formula is C14H15ClN2O. The lowest BCUT2D eigenvalue weighted by Gasteiger charge is -2.06. The number of aromatic nitrogens is 2. The molecule has 1 heterocycles. The Labute approximate surface area is 111 Å². The molecule has 0 spiro atoms. The van der Waals surface area contributed by atoms with Crippen LogP contribution in [0, 0.1) is 13.8 Å². The molecule has 0 fully saturated rings. The minimum Gasteiger partial charge on any atom is -0.294 e. The second-order valence-electron chi connectivity index (χ2n) is 4.41. The molecule has 94 valence electrons. The topological polar surface area (TPSA) is 34.9 Å². The zero-order valence-corrected chi connectivity index (χ0v) is 11.5. The van der Waals surface area contributed by atoms with Gasteiger partial charge < -0.3 is 0 Å². The van der Waals surface area contributed by atoms with Crippen molar-refractivity contribution in [1.29, 1.82) is 0 Å². The minimum atomic E-state index is 0.0676. The Hall–Kier alpha value is -1.61. The zero-order valence-electron chi connectivity index (χ0n) is 10.7. The van der Waals surface area contributed by atoms with Crippen LogP contribution in [0.1, 0.15) is 27.3 Å². The molecule has 0 atom stereocenters. The van der Waals surface area contributed by atoms with Gasteiger partial charge in [0.15, 0.2) is 5.78 Å². The Kier molecular flexibility index (Phi) is 3.53. The number of aryl methyl sites for hydroxylation is 2. The highest BCUT2D eigenvalue weighted by Crippen LogP contribution is 2.20. The average molecular weight is 263 g/mol. The summed E-state index contributed by atoms with van der Waals surface area (Å²) in [6, 6.07) is 7.34. The third kappa shape index (κ3) is 2.46. The van der Waals surface area contributed by atoms with E-state index in [-0.39, 0.29) is 5.78 Å². The van der Waals surface area contributed by atoms with E-state index in [1.807, 2.05) is 33.0 Å². The molecular weight excluding hydrogens is 248 g/mol. The molecule has 2 rings (SSSR count). The maximum atomic E-state index is 12.2. The molecule has 3 nitrogen and oxygen atoms in total. The quantitative estimate of drug-likeness (QED) is 0.797. The van der Waals surface area contributed by atoms with Crippen molar-refractivity contribution in [2.75, 3.05) is 0 Å². The van der Waals surface area contributed by atoms with Crippen LogP contribution in [0.2, 0.25) is 5.02 Å². The summed E-state index contributed by atoms with van der Waals surface area (Å²) < 4.78 is 1.74. The molecule has 4 heteroatoms. The van der Waals surface area contributed by atoms with Crippen molar-refractivity contribution >= 4 is 17.4 Å². The van der Waals surface area contributed by atoms with Crippen LogP contribution in [0.25, 0.3) is 0 Å². The fraction of sp³-hybridized carbons (Fsp3) is 0.286. The highest BCUT2D eigenvalue weighted by molar-refractivity contribution is 6.31. The molecule has 0 unspecified atom stereocenters. The highest BCUT2D eigenvalue weighted by atomic mass is 35.5. The number of carbonyl (C=O) groups is 1. The van der Waals surface area contributed by atoms with Crippen molar-refractivity contribution < 1.29 is 4.79 Å². The fourth-order valence-corrected chi connectivity index (χ4v) is 2.17. The van der Waals surface area contributed by atoms with E-state index in [1.54, 1.807) is 16.8 Å². The molecule has 0 saturated heterocycles. The van der Waals surface area contributed by atoms with E-state index >= 15 is 0 Å². The first-order chi connectivity index (χ1) is 8.49. The number of carbonyl (C=O) groups excluding carboxylic acids is 1. The third-order valence-electron chi connectivity index (χ3n) is 3.01. The SMILES string of the molecule is Cc1cc(CC(=O)c2cccc(Cl)c2C)n(C)n1. The summed E-state index contributed by atoms with van der Waals surface area (Å²) in [5.41, 5.74) is 3.35. The molecule has 18 heavy (non-hydrogen) atoms. The number of ketones is 1. The van der Waals surface area contributed by atoms with Crippen LogP contribution < -0.4 is 0 Å². The maximum absolute atomic E-state index is 12.2. The van der Waals surface area contributed by atoms with Crippen molar-refractivity contribution in [2.45, 2.75) is 20.3 Å². The van der Waals surface area contributed by atoms with Crippen molar-refractivity contribution in [3.05, 3.63) is 51.8 Å². The monoisotopic (exact) mass is 262 g/mol. The third-order valence-corrected chi connectivity index (χ3v) is 3.42. The van der Waals surface area contributed by atoms with E-state index < -0.39 is 0 Å². The van der Waals surface area contributed by atoms with E-state index in [2.05, 4.69) is 5.10 Å². The molecule has 1 aromatic heterocycles. The Bertz CT molecular complexity index is 602. The standard InChI is InChI=1S/C14H15ClN2O/c1-9-7-11(17(3)16-9)8-14(18)12-5-4-6-13(15)10(12)2/h4-7H,8H2,1-3H3. The summed E-state index contributed by atoms with van der Waals surface area (Å²) in [5.74, 6) is 0.0676. The van der Waals surface area contributed by atoms with Gasteiger partial charge in [-0.25, -0.2) is 0 Å². The van der Waals surface area contributed by atoms with Crippen LogP contribution in [0.5, 0.6) is 0 Å². The highest BCUT2D eigenvalue weighted by Gasteiger charge is 2.13. The van der Waals surface area contributed by atoms with Crippen molar-refractivity contribution in [1.82, 2.24) is 9.78 Å². The Balaban J connectivity index is 2.27. The van der Waals surface area contributed by atoms with Gasteiger partial charge in [0.2, 0.25) is 0 Å². The van der Waals surface area contributed by atoms with Crippen LogP contribution >= 0.6 is 11.6 Å². The van der Waals surface area contributed by atoms with Crippen LogP contribution in [-0.2, 0) is 13.5 Å². The van der Waals surface area contributed by atoms with E-state index in [0.717, 1.165) is 17.0 Å². The van der Waals surface area contributed by atoms with Gasteiger partial charge in [-0.1, -0.05) is 23.7 Å². The lowest BCUT2D eigenvalue weighted by atomic mass is 10.0. The van der Waals surface area contributed by atoms with Gasteiger partial charge in [-0.15, -0.1) is 0 Å². The number of halogens is 1. The molecule has 0 aliphatic heterocycles. The number of hydrogen-bond acceptors (Lipinski definition) is 2. The molecule has 0 saturated carbocycles. The van der Waals surface area contributed by atoms with Gasteiger partial charge in [-0.3, -0.25) is 9.48 Å². The second kappa shape index (κ2) is 4.94. The second-order valence-corrected chi connectivity index (χ2v) is 4.82. The molecule has 2 aromatic rings. The summed E-state index contributed by atoms with van der Waals surface area (Å²) in [6.07, 6.45) is 0.346. The molecule has 0 radical (unpaired) electrons. The van der Waals surface area contributed by atoms with Gasteiger partial charge in [0.25, 0.3) is 0 Å². The summed E-state index contributed by atoms with van der Waals surface area (Å²) in [7, 11) is 1.85. The first-order valence-electron chi connectivity index (χ1n) is 5.77. The van der Waals surface area contributed by atoms with E-state index in [1.165, 1.54) is 0 Å². The van der Waals surface area contributed by atoms with Gasteiger partial charge in [0.1, 0.15) is 0 Å². The van der Waals surface area contributed by atoms with Crippen molar-refractivity contribution in [3.63, 3.8) is 0 Å². The minimum absolute atomic E-state index is 0.0676. The fourth-order valence-electron chi connectivity index (χ4n) is 2.00. The van der Waals surface area contributed by atoms with Crippen LogP contribution in [0.3, 0.4) is 0 Å². The van der Waals surface area contributed by atoms with Gasteiger partial charge in [0, 0.05) is 23.3 Å². The smallest absolute Gasteiger partial charge is 0.169 e. The predicted octanol–water partition coefficient (Wildman–Crippen LogP) is 3.12.